The number of nitrogen functional groups attached to an aromatic ring is 1. The van der Waals surface area contributed by atoms with Crippen LogP contribution < -0.4 is 5.73 Å². The van der Waals surface area contributed by atoms with Gasteiger partial charge in [-0.05, 0) is 5.56 Å². The number of nitrogens with zero attached hydrogens (tertiary/aromatic N) is 4. The Morgan fingerprint density at radius 1 is 1.17 bits per heavy atom. The quantitative estimate of drug-likeness (QED) is 0.698. The van der Waals surface area contributed by atoms with Crippen LogP contribution in [0.15, 0.2) is 42.7 Å². The maximum absolute atomic E-state index is 8.92. The third kappa shape index (κ3) is 1.40. The first-order valence-corrected chi connectivity index (χ1v) is 5.39. The Labute approximate surface area is 103 Å². The Bertz CT molecular complexity index is 752. The van der Waals surface area contributed by atoms with Gasteiger partial charge in [-0.2, -0.15) is 14.9 Å². The summed E-state index contributed by atoms with van der Waals surface area (Å²) >= 11 is 0. The lowest BCUT2D eigenvalue weighted by atomic mass is 10.1. The summed E-state index contributed by atoms with van der Waals surface area (Å²) in [6.07, 6.45) is 3.13. The molecule has 0 saturated carbocycles. The Morgan fingerprint density at radius 3 is 2.67 bits per heavy atom. The highest BCUT2D eigenvalue weighted by Gasteiger charge is 2.11. The lowest BCUT2D eigenvalue weighted by Crippen LogP contribution is -2.02. The van der Waals surface area contributed by atoms with Crippen molar-refractivity contribution in [2.45, 2.75) is 0 Å². The SMILES string of the molecule is N#Cc1cnn2c(N)c(-c3ccccc3)cnc12. The molecule has 5 nitrogen and oxygen atoms in total. The van der Waals surface area contributed by atoms with E-state index in [-0.39, 0.29) is 0 Å². The molecule has 0 aliphatic rings. The van der Waals surface area contributed by atoms with Crippen LogP contribution in [-0.4, -0.2) is 14.6 Å². The second-order valence-electron chi connectivity index (χ2n) is 3.83. The summed E-state index contributed by atoms with van der Waals surface area (Å²) in [6, 6.07) is 11.7. The zero-order valence-corrected chi connectivity index (χ0v) is 9.41. The van der Waals surface area contributed by atoms with Gasteiger partial charge in [-0.3, -0.25) is 0 Å². The second-order valence-corrected chi connectivity index (χ2v) is 3.83. The minimum Gasteiger partial charge on any atom is -0.383 e. The Balaban J connectivity index is 2.28. The molecule has 0 aliphatic carbocycles. The van der Waals surface area contributed by atoms with E-state index in [9.17, 15) is 0 Å². The monoisotopic (exact) mass is 235 g/mol. The highest BCUT2D eigenvalue weighted by atomic mass is 15.3. The molecule has 3 aromatic rings. The fourth-order valence-corrected chi connectivity index (χ4v) is 1.87. The third-order valence-corrected chi connectivity index (χ3v) is 2.77. The molecule has 86 valence electrons. The van der Waals surface area contributed by atoms with Crippen LogP contribution in [-0.2, 0) is 0 Å². The van der Waals surface area contributed by atoms with Crippen molar-refractivity contribution in [1.29, 1.82) is 5.26 Å². The molecule has 18 heavy (non-hydrogen) atoms. The van der Waals surface area contributed by atoms with E-state index in [1.807, 2.05) is 36.4 Å². The number of rotatable bonds is 1. The molecular weight excluding hydrogens is 226 g/mol. The molecule has 0 amide bonds. The normalized spacial score (nSPS) is 10.4. The van der Waals surface area contributed by atoms with Crippen molar-refractivity contribution in [3.63, 3.8) is 0 Å². The molecule has 2 aromatic heterocycles. The zero-order valence-electron chi connectivity index (χ0n) is 9.41. The topological polar surface area (TPSA) is 80.0 Å². The molecular formula is C13H9N5. The minimum atomic E-state index is 0.418. The van der Waals surface area contributed by atoms with E-state index < -0.39 is 0 Å². The molecule has 0 saturated heterocycles. The molecule has 3 rings (SSSR count). The summed E-state index contributed by atoms with van der Waals surface area (Å²) in [6.45, 7) is 0. The summed E-state index contributed by atoms with van der Waals surface area (Å²) in [5, 5.41) is 13.0. The van der Waals surface area contributed by atoms with Crippen LogP contribution >= 0.6 is 0 Å². The summed E-state index contributed by atoms with van der Waals surface area (Å²) in [5.74, 6) is 0.479. The number of nitrogens with two attached hydrogens (primary N) is 1. The number of hydrogen-bond donors (Lipinski definition) is 1. The van der Waals surface area contributed by atoms with Crippen LogP contribution in [0.5, 0.6) is 0 Å². The second kappa shape index (κ2) is 3.86. The van der Waals surface area contributed by atoms with Gasteiger partial charge < -0.3 is 5.73 Å². The molecule has 0 atom stereocenters. The molecule has 2 heterocycles. The van der Waals surface area contributed by atoms with E-state index in [4.69, 9.17) is 11.0 Å². The average Bonchev–Trinajstić information content (AvgIpc) is 2.84. The predicted octanol–water partition coefficient (Wildman–Crippen LogP) is 1.85. The van der Waals surface area contributed by atoms with Crippen molar-refractivity contribution < 1.29 is 0 Å². The van der Waals surface area contributed by atoms with Gasteiger partial charge in [-0.1, -0.05) is 30.3 Å². The van der Waals surface area contributed by atoms with Gasteiger partial charge in [0.05, 0.1) is 6.20 Å². The van der Waals surface area contributed by atoms with Crippen molar-refractivity contribution in [2.24, 2.45) is 0 Å². The van der Waals surface area contributed by atoms with E-state index in [0.717, 1.165) is 11.1 Å². The van der Waals surface area contributed by atoms with E-state index in [1.54, 1.807) is 6.20 Å². The lowest BCUT2D eigenvalue weighted by Gasteiger charge is -2.06. The maximum Gasteiger partial charge on any atom is 0.175 e. The minimum absolute atomic E-state index is 0.418. The number of benzene rings is 1. The highest BCUT2D eigenvalue weighted by molar-refractivity contribution is 5.75. The number of anilines is 1. The number of nitriles is 1. The summed E-state index contributed by atoms with van der Waals surface area (Å²) in [5.41, 5.74) is 8.74. The standard InChI is InChI=1S/C13H9N5/c14-6-10-7-17-18-12(15)11(8-16-13(10)18)9-4-2-1-3-5-9/h1-5,7-8H,15H2. The van der Waals surface area contributed by atoms with Gasteiger partial charge in [0.1, 0.15) is 17.5 Å². The Hall–Kier alpha value is -2.87. The molecule has 5 heteroatoms. The van der Waals surface area contributed by atoms with Gasteiger partial charge in [-0.25, -0.2) is 4.98 Å². The molecule has 0 fully saturated rings. The number of aromatic nitrogens is 3. The number of fused-ring (bicyclic) bond motifs is 1. The summed E-state index contributed by atoms with van der Waals surface area (Å²) in [7, 11) is 0. The molecule has 0 bridgehead atoms. The van der Waals surface area contributed by atoms with Crippen LogP contribution in [0.25, 0.3) is 16.8 Å². The fraction of sp³-hybridized carbons (Fsp3) is 0. The van der Waals surface area contributed by atoms with Crippen LogP contribution in [0.1, 0.15) is 5.56 Å². The summed E-state index contributed by atoms with van der Waals surface area (Å²) < 4.78 is 1.49. The Morgan fingerprint density at radius 2 is 1.94 bits per heavy atom. The van der Waals surface area contributed by atoms with E-state index in [0.29, 0.717) is 17.0 Å². The highest BCUT2D eigenvalue weighted by Crippen LogP contribution is 2.25. The first kappa shape index (κ1) is 10.3. The molecule has 0 spiro atoms. The molecule has 2 N–H and O–H groups in total. The van der Waals surface area contributed by atoms with E-state index in [2.05, 4.69) is 10.1 Å². The van der Waals surface area contributed by atoms with Gasteiger partial charge in [0.25, 0.3) is 0 Å². The lowest BCUT2D eigenvalue weighted by molar-refractivity contribution is 0.954. The van der Waals surface area contributed by atoms with Crippen molar-refractivity contribution in [3.05, 3.63) is 48.3 Å². The average molecular weight is 235 g/mol. The van der Waals surface area contributed by atoms with Crippen LogP contribution in [0, 0.1) is 11.3 Å². The first-order chi connectivity index (χ1) is 8.81. The number of hydrogen-bond acceptors (Lipinski definition) is 4. The van der Waals surface area contributed by atoms with Gasteiger partial charge in [0, 0.05) is 11.8 Å². The van der Waals surface area contributed by atoms with Crippen LogP contribution in [0.2, 0.25) is 0 Å². The van der Waals surface area contributed by atoms with Gasteiger partial charge in [-0.15, -0.1) is 0 Å². The Kier molecular flexibility index (Phi) is 2.21. The van der Waals surface area contributed by atoms with Gasteiger partial charge in [0.2, 0.25) is 0 Å². The van der Waals surface area contributed by atoms with Crippen molar-refractivity contribution in [2.75, 3.05) is 5.73 Å². The van der Waals surface area contributed by atoms with E-state index >= 15 is 0 Å². The molecule has 1 aromatic carbocycles. The van der Waals surface area contributed by atoms with Crippen molar-refractivity contribution >= 4 is 11.5 Å². The zero-order chi connectivity index (χ0) is 12.5. The third-order valence-electron chi connectivity index (χ3n) is 2.77. The molecule has 0 aliphatic heterocycles. The maximum atomic E-state index is 8.92. The molecule has 0 radical (unpaired) electrons. The smallest absolute Gasteiger partial charge is 0.175 e. The largest absolute Gasteiger partial charge is 0.383 e. The van der Waals surface area contributed by atoms with Crippen molar-refractivity contribution in [1.82, 2.24) is 14.6 Å². The van der Waals surface area contributed by atoms with Crippen LogP contribution in [0.4, 0.5) is 5.82 Å². The fourth-order valence-electron chi connectivity index (χ4n) is 1.87. The first-order valence-electron chi connectivity index (χ1n) is 5.39. The van der Waals surface area contributed by atoms with Gasteiger partial charge >= 0.3 is 0 Å². The summed E-state index contributed by atoms with van der Waals surface area (Å²) in [4.78, 5) is 4.25. The van der Waals surface area contributed by atoms with Gasteiger partial charge in [0.15, 0.2) is 5.65 Å². The van der Waals surface area contributed by atoms with E-state index in [1.165, 1.54) is 10.7 Å². The van der Waals surface area contributed by atoms with Crippen LogP contribution in [0.3, 0.4) is 0 Å². The molecule has 0 unspecified atom stereocenters. The predicted molar refractivity (Wildman–Crippen MR) is 67.6 cm³/mol. The van der Waals surface area contributed by atoms with Crippen molar-refractivity contribution in [3.8, 4) is 17.2 Å².